The molecule has 0 aliphatic carbocycles. The maximum Gasteiger partial charge on any atom is 0.221 e. The number of carbonyl (C=O) groups excluding carboxylic acids is 1. The van der Waals surface area contributed by atoms with E-state index in [-0.39, 0.29) is 17.2 Å². The SMILES string of the molecule is CNC(=O)CCn1c(=S)[nH]c2c(S(C)(=O)=O)cccc21. The summed E-state index contributed by atoms with van der Waals surface area (Å²) >= 11 is 5.20. The fourth-order valence-electron chi connectivity index (χ4n) is 2.02. The zero-order valence-electron chi connectivity index (χ0n) is 11.1. The van der Waals surface area contributed by atoms with E-state index in [0.29, 0.717) is 22.3 Å². The van der Waals surface area contributed by atoms with Gasteiger partial charge in [-0.15, -0.1) is 0 Å². The first kappa shape index (κ1) is 14.7. The molecule has 0 aliphatic heterocycles. The molecule has 1 aromatic heterocycles. The molecule has 108 valence electrons. The molecule has 20 heavy (non-hydrogen) atoms. The average Bonchev–Trinajstić information content (AvgIpc) is 2.70. The quantitative estimate of drug-likeness (QED) is 0.832. The summed E-state index contributed by atoms with van der Waals surface area (Å²) in [5.41, 5.74) is 1.17. The number of nitrogens with zero attached hydrogens (tertiary/aromatic N) is 1. The van der Waals surface area contributed by atoms with Crippen LogP contribution in [0.15, 0.2) is 23.1 Å². The zero-order valence-corrected chi connectivity index (χ0v) is 12.8. The minimum Gasteiger partial charge on any atom is -0.359 e. The van der Waals surface area contributed by atoms with E-state index in [1.807, 2.05) is 0 Å². The molecule has 2 aromatic rings. The Hall–Kier alpha value is -1.67. The minimum absolute atomic E-state index is 0.0967. The number of aryl methyl sites for hydroxylation is 1. The molecule has 6 nitrogen and oxygen atoms in total. The number of H-pyrrole nitrogens is 1. The van der Waals surface area contributed by atoms with Crippen LogP contribution in [0.4, 0.5) is 0 Å². The van der Waals surface area contributed by atoms with Gasteiger partial charge in [0.15, 0.2) is 14.6 Å². The van der Waals surface area contributed by atoms with Crippen LogP contribution in [0.1, 0.15) is 6.42 Å². The van der Waals surface area contributed by atoms with Gasteiger partial charge in [0.1, 0.15) is 0 Å². The van der Waals surface area contributed by atoms with Crippen LogP contribution in [0.25, 0.3) is 11.0 Å². The third-order valence-electron chi connectivity index (χ3n) is 3.01. The second-order valence-electron chi connectivity index (χ2n) is 4.43. The van der Waals surface area contributed by atoms with Crippen molar-refractivity contribution >= 4 is 39.0 Å². The molecule has 0 unspecified atom stereocenters. The van der Waals surface area contributed by atoms with Crippen LogP contribution in [0.5, 0.6) is 0 Å². The van der Waals surface area contributed by atoms with Crippen molar-refractivity contribution in [3.8, 4) is 0 Å². The maximum absolute atomic E-state index is 11.8. The summed E-state index contributed by atoms with van der Waals surface area (Å²) in [6.07, 6.45) is 1.43. The highest BCUT2D eigenvalue weighted by molar-refractivity contribution is 7.91. The molecule has 0 bridgehead atoms. The lowest BCUT2D eigenvalue weighted by molar-refractivity contribution is -0.120. The van der Waals surface area contributed by atoms with Crippen LogP contribution >= 0.6 is 12.2 Å². The number of imidazole rings is 1. The summed E-state index contributed by atoms with van der Waals surface area (Å²) in [6, 6.07) is 4.98. The fraction of sp³-hybridized carbons (Fsp3) is 0.333. The van der Waals surface area contributed by atoms with Gasteiger partial charge in [-0.1, -0.05) is 6.07 Å². The van der Waals surface area contributed by atoms with Gasteiger partial charge in [0.25, 0.3) is 0 Å². The van der Waals surface area contributed by atoms with Crippen LogP contribution < -0.4 is 5.32 Å². The van der Waals surface area contributed by atoms with Crippen molar-refractivity contribution in [3.05, 3.63) is 23.0 Å². The third kappa shape index (κ3) is 2.75. The first-order valence-electron chi connectivity index (χ1n) is 5.96. The monoisotopic (exact) mass is 313 g/mol. The Bertz CT molecular complexity index is 818. The number of carbonyl (C=O) groups is 1. The number of amides is 1. The van der Waals surface area contributed by atoms with Crippen molar-refractivity contribution in [1.82, 2.24) is 14.9 Å². The van der Waals surface area contributed by atoms with Gasteiger partial charge < -0.3 is 14.9 Å². The van der Waals surface area contributed by atoms with E-state index in [1.54, 1.807) is 23.7 Å². The third-order valence-corrected chi connectivity index (χ3v) is 4.47. The van der Waals surface area contributed by atoms with Gasteiger partial charge in [0, 0.05) is 26.3 Å². The number of benzene rings is 1. The molecule has 8 heteroatoms. The Kier molecular flexibility index (Phi) is 3.96. The molecule has 0 saturated heterocycles. The molecule has 1 amide bonds. The molecule has 0 saturated carbocycles. The molecule has 1 aromatic carbocycles. The molecular formula is C12H15N3O3S2. The molecule has 0 spiro atoms. The molecular weight excluding hydrogens is 298 g/mol. The Morgan fingerprint density at radius 3 is 2.75 bits per heavy atom. The first-order chi connectivity index (χ1) is 9.34. The van der Waals surface area contributed by atoms with Crippen molar-refractivity contribution in [2.45, 2.75) is 17.9 Å². The highest BCUT2D eigenvalue weighted by Crippen LogP contribution is 2.22. The normalized spacial score (nSPS) is 11.7. The van der Waals surface area contributed by atoms with Crippen molar-refractivity contribution in [3.63, 3.8) is 0 Å². The lowest BCUT2D eigenvalue weighted by atomic mass is 10.3. The zero-order chi connectivity index (χ0) is 14.9. The summed E-state index contributed by atoms with van der Waals surface area (Å²) < 4.78 is 25.6. The number of aromatic nitrogens is 2. The second kappa shape index (κ2) is 5.37. The van der Waals surface area contributed by atoms with E-state index >= 15 is 0 Å². The summed E-state index contributed by atoms with van der Waals surface area (Å²) in [4.78, 5) is 14.4. The van der Waals surface area contributed by atoms with Crippen LogP contribution in [0, 0.1) is 4.77 Å². The van der Waals surface area contributed by atoms with Gasteiger partial charge in [-0.25, -0.2) is 8.42 Å². The highest BCUT2D eigenvalue weighted by Gasteiger charge is 2.15. The molecule has 0 fully saturated rings. The van der Waals surface area contributed by atoms with Gasteiger partial charge in [0.2, 0.25) is 5.91 Å². The lowest BCUT2D eigenvalue weighted by Gasteiger charge is -2.05. The number of rotatable bonds is 4. The highest BCUT2D eigenvalue weighted by atomic mass is 32.2. The number of aromatic amines is 1. The van der Waals surface area contributed by atoms with Crippen LogP contribution in [-0.4, -0.2) is 37.2 Å². The average molecular weight is 313 g/mol. The standard InChI is InChI=1S/C12H15N3O3S2/c1-13-10(16)6-7-15-8-4-3-5-9(20(2,17)18)11(8)14-12(15)19/h3-5H,6-7H2,1-2H3,(H,13,16)(H,14,19). The number of hydrogen-bond donors (Lipinski definition) is 2. The van der Waals surface area contributed by atoms with Crippen LogP contribution in [-0.2, 0) is 21.2 Å². The Morgan fingerprint density at radius 1 is 1.45 bits per heavy atom. The predicted molar refractivity (Wildman–Crippen MR) is 78.9 cm³/mol. The molecule has 2 rings (SSSR count). The van der Waals surface area contributed by atoms with E-state index in [1.165, 1.54) is 6.07 Å². The van der Waals surface area contributed by atoms with E-state index < -0.39 is 9.84 Å². The summed E-state index contributed by atoms with van der Waals surface area (Å²) in [7, 11) is -1.77. The van der Waals surface area contributed by atoms with Gasteiger partial charge in [-0.3, -0.25) is 4.79 Å². The van der Waals surface area contributed by atoms with Gasteiger partial charge in [0.05, 0.1) is 15.9 Å². The first-order valence-corrected chi connectivity index (χ1v) is 8.26. The van der Waals surface area contributed by atoms with Gasteiger partial charge >= 0.3 is 0 Å². The minimum atomic E-state index is -3.34. The van der Waals surface area contributed by atoms with E-state index in [0.717, 1.165) is 6.26 Å². The molecule has 0 radical (unpaired) electrons. The molecule has 2 N–H and O–H groups in total. The Balaban J connectivity index is 2.56. The fourth-order valence-corrected chi connectivity index (χ4v) is 3.17. The maximum atomic E-state index is 11.8. The number of para-hydroxylation sites is 1. The lowest BCUT2D eigenvalue weighted by Crippen LogP contribution is -2.19. The molecule has 0 atom stereocenters. The van der Waals surface area contributed by atoms with Crippen molar-refractivity contribution in [1.29, 1.82) is 0 Å². The number of sulfone groups is 1. The predicted octanol–water partition coefficient (Wildman–Crippen LogP) is 1.24. The smallest absolute Gasteiger partial charge is 0.221 e. The number of nitrogens with one attached hydrogen (secondary N) is 2. The largest absolute Gasteiger partial charge is 0.359 e. The van der Waals surface area contributed by atoms with Gasteiger partial charge in [-0.2, -0.15) is 0 Å². The topological polar surface area (TPSA) is 84.0 Å². The van der Waals surface area contributed by atoms with Crippen molar-refractivity contribution in [2.24, 2.45) is 0 Å². The van der Waals surface area contributed by atoms with Crippen molar-refractivity contribution in [2.75, 3.05) is 13.3 Å². The van der Waals surface area contributed by atoms with Crippen molar-refractivity contribution < 1.29 is 13.2 Å². The Labute approximate surface area is 121 Å². The molecule has 1 heterocycles. The number of hydrogen-bond acceptors (Lipinski definition) is 4. The summed E-state index contributed by atoms with van der Waals surface area (Å²) in [6.45, 7) is 0.395. The van der Waals surface area contributed by atoms with E-state index in [9.17, 15) is 13.2 Å². The summed E-state index contributed by atoms with van der Waals surface area (Å²) in [5.74, 6) is -0.0967. The number of fused-ring (bicyclic) bond motifs is 1. The van der Waals surface area contributed by atoms with E-state index in [4.69, 9.17) is 12.2 Å². The van der Waals surface area contributed by atoms with E-state index in [2.05, 4.69) is 10.3 Å². The van der Waals surface area contributed by atoms with Gasteiger partial charge in [-0.05, 0) is 24.4 Å². The second-order valence-corrected chi connectivity index (χ2v) is 6.80. The summed E-state index contributed by atoms with van der Waals surface area (Å²) in [5, 5.41) is 2.54. The van der Waals surface area contributed by atoms with Crippen LogP contribution in [0.3, 0.4) is 0 Å². The molecule has 0 aliphatic rings. The Morgan fingerprint density at radius 2 is 2.15 bits per heavy atom. The van der Waals surface area contributed by atoms with Crippen LogP contribution in [0.2, 0.25) is 0 Å².